The molecule has 0 atom stereocenters. The standard InChI is InChI=1S/C11H18N2O/c1-13-6-5-9-3-4-11(14-2)10(7-9)8-12/h3-4,7,13H,5-6,8,12H2,1-2H3. The normalized spacial score (nSPS) is 10.2. The van der Waals surface area contributed by atoms with E-state index >= 15 is 0 Å². The van der Waals surface area contributed by atoms with Crippen LogP contribution in [0.25, 0.3) is 0 Å². The fraction of sp³-hybridized carbons (Fsp3) is 0.455. The number of ether oxygens (including phenoxy) is 1. The van der Waals surface area contributed by atoms with Crippen LogP contribution in [0.15, 0.2) is 18.2 Å². The summed E-state index contributed by atoms with van der Waals surface area (Å²) in [5, 5.41) is 3.12. The monoisotopic (exact) mass is 194 g/mol. The predicted molar refractivity (Wildman–Crippen MR) is 58.5 cm³/mol. The van der Waals surface area contributed by atoms with Crippen LogP contribution in [-0.2, 0) is 13.0 Å². The predicted octanol–water partition coefficient (Wildman–Crippen LogP) is 0.916. The minimum Gasteiger partial charge on any atom is -0.496 e. The third-order valence-corrected chi connectivity index (χ3v) is 2.23. The van der Waals surface area contributed by atoms with Crippen LogP contribution >= 0.6 is 0 Å². The number of rotatable bonds is 5. The largest absolute Gasteiger partial charge is 0.496 e. The molecule has 1 aromatic rings. The van der Waals surface area contributed by atoms with Crippen LogP contribution in [0.2, 0.25) is 0 Å². The second-order valence-corrected chi connectivity index (χ2v) is 3.20. The first-order valence-corrected chi connectivity index (χ1v) is 4.82. The lowest BCUT2D eigenvalue weighted by Crippen LogP contribution is -2.10. The molecule has 0 aliphatic heterocycles. The van der Waals surface area contributed by atoms with Gasteiger partial charge in [-0.1, -0.05) is 12.1 Å². The summed E-state index contributed by atoms with van der Waals surface area (Å²) in [5.41, 5.74) is 7.99. The van der Waals surface area contributed by atoms with E-state index in [-0.39, 0.29) is 0 Å². The van der Waals surface area contributed by atoms with Gasteiger partial charge >= 0.3 is 0 Å². The lowest BCUT2D eigenvalue weighted by molar-refractivity contribution is 0.409. The van der Waals surface area contributed by atoms with E-state index in [9.17, 15) is 0 Å². The van der Waals surface area contributed by atoms with E-state index in [1.807, 2.05) is 13.1 Å². The Bertz CT molecular complexity index is 287. The van der Waals surface area contributed by atoms with E-state index in [1.165, 1.54) is 5.56 Å². The number of hydrogen-bond donors (Lipinski definition) is 2. The first-order chi connectivity index (χ1) is 6.81. The third-order valence-electron chi connectivity index (χ3n) is 2.23. The molecule has 0 saturated heterocycles. The zero-order valence-corrected chi connectivity index (χ0v) is 8.84. The fourth-order valence-corrected chi connectivity index (χ4v) is 1.42. The Morgan fingerprint density at radius 2 is 2.21 bits per heavy atom. The lowest BCUT2D eigenvalue weighted by atomic mass is 10.1. The second-order valence-electron chi connectivity index (χ2n) is 3.20. The van der Waals surface area contributed by atoms with Crippen LogP contribution in [0, 0.1) is 0 Å². The average molecular weight is 194 g/mol. The van der Waals surface area contributed by atoms with Gasteiger partial charge in [-0.2, -0.15) is 0 Å². The van der Waals surface area contributed by atoms with Gasteiger partial charge in [0.1, 0.15) is 5.75 Å². The smallest absolute Gasteiger partial charge is 0.123 e. The second kappa shape index (κ2) is 5.62. The molecule has 3 N–H and O–H groups in total. The first-order valence-electron chi connectivity index (χ1n) is 4.82. The van der Waals surface area contributed by atoms with Gasteiger partial charge in [0.2, 0.25) is 0 Å². The van der Waals surface area contributed by atoms with Crippen molar-refractivity contribution in [1.29, 1.82) is 0 Å². The highest BCUT2D eigenvalue weighted by molar-refractivity contribution is 5.37. The number of nitrogens with two attached hydrogens (primary N) is 1. The molecular weight excluding hydrogens is 176 g/mol. The van der Waals surface area contributed by atoms with Gasteiger partial charge < -0.3 is 15.8 Å². The van der Waals surface area contributed by atoms with Crippen molar-refractivity contribution in [1.82, 2.24) is 5.32 Å². The zero-order valence-electron chi connectivity index (χ0n) is 8.84. The lowest BCUT2D eigenvalue weighted by Gasteiger charge is -2.08. The molecule has 0 aliphatic rings. The van der Waals surface area contributed by atoms with Crippen molar-refractivity contribution in [2.45, 2.75) is 13.0 Å². The average Bonchev–Trinajstić information content (AvgIpc) is 2.25. The molecule has 78 valence electrons. The first kappa shape index (κ1) is 11.0. The Kier molecular flexibility index (Phi) is 4.43. The molecule has 0 bridgehead atoms. The van der Waals surface area contributed by atoms with Crippen LogP contribution in [0.5, 0.6) is 5.75 Å². The fourth-order valence-electron chi connectivity index (χ4n) is 1.42. The zero-order chi connectivity index (χ0) is 10.4. The van der Waals surface area contributed by atoms with E-state index in [2.05, 4.69) is 17.4 Å². The number of nitrogens with one attached hydrogen (secondary N) is 1. The van der Waals surface area contributed by atoms with Crippen LogP contribution < -0.4 is 15.8 Å². The molecule has 0 saturated carbocycles. The van der Waals surface area contributed by atoms with Gasteiger partial charge in [-0.05, 0) is 31.6 Å². The maximum atomic E-state index is 5.63. The highest BCUT2D eigenvalue weighted by Crippen LogP contribution is 2.19. The molecule has 0 aromatic heterocycles. The van der Waals surface area contributed by atoms with Gasteiger partial charge in [0.05, 0.1) is 7.11 Å². The Labute approximate surface area is 85.3 Å². The summed E-state index contributed by atoms with van der Waals surface area (Å²) in [5.74, 6) is 0.876. The van der Waals surface area contributed by atoms with Crippen LogP contribution in [-0.4, -0.2) is 20.7 Å². The molecule has 3 nitrogen and oxygen atoms in total. The molecule has 14 heavy (non-hydrogen) atoms. The highest BCUT2D eigenvalue weighted by Gasteiger charge is 2.01. The van der Waals surface area contributed by atoms with Gasteiger partial charge in [0.25, 0.3) is 0 Å². The maximum Gasteiger partial charge on any atom is 0.123 e. The Morgan fingerprint density at radius 1 is 1.43 bits per heavy atom. The van der Waals surface area contributed by atoms with Gasteiger partial charge in [0, 0.05) is 12.1 Å². The SMILES string of the molecule is CNCCc1ccc(OC)c(CN)c1. The Hall–Kier alpha value is -1.06. The molecule has 1 aromatic carbocycles. The van der Waals surface area contributed by atoms with E-state index < -0.39 is 0 Å². The molecule has 0 aliphatic carbocycles. The molecule has 0 fully saturated rings. The quantitative estimate of drug-likeness (QED) is 0.732. The minimum atomic E-state index is 0.524. The Balaban J connectivity index is 2.79. The van der Waals surface area contributed by atoms with Crippen molar-refractivity contribution in [3.05, 3.63) is 29.3 Å². The summed E-state index contributed by atoms with van der Waals surface area (Å²) in [6.45, 7) is 1.51. The molecule has 0 amide bonds. The number of likely N-dealkylation sites (N-methyl/N-ethyl adjacent to an activating group) is 1. The summed E-state index contributed by atoms with van der Waals surface area (Å²) in [6.07, 6.45) is 1.02. The molecule has 1 rings (SSSR count). The third kappa shape index (κ3) is 2.72. The van der Waals surface area contributed by atoms with E-state index in [0.717, 1.165) is 24.3 Å². The molecule has 3 heteroatoms. The van der Waals surface area contributed by atoms with E-state index in [1.54, 1.807) is 7.11 Å². The van der Waals surface area contributed by atoms with Crippen molar-refractivity contribution in [2.24, 2.45) is 5.73 Å². The summed E-state index contributed by atoms with van der Waals surface area (Å²) in [7, 11) is 3.62. The van der Waals surface area contributed by atoms with Gasteiger partial charge in [-0.25, -0.2) is 0 Å². The summed E-state index contributed by atoms with van der Waals surface area (Å²) >= 11 is 0. The summed E-state index contributed by atoms with van der Waals surface area (Å²) < 4.78 is 5.20. The maximum absolute atomic E-state index is 5.63. The Morgan fingerprint density at radius 3 is 2.79 bits per heavy atom. The van der Waals surface area contributed by atoms with E-state index in [4.69, 9.17) is 10.5 Å². The summed E-state index contributed by atoms with van der Waals surface area (Å²) in [4.78, 5) is 0. The number of hydrogen-bond acceptors (Lipinski definition) is 3. The molecule has 0 unspecified atom stereocenters. The van der Waals surface area contributed by atoms with Crippen molar-refractivity contribution >= 4 is 0 Å². The number of methoxy groups -OCH3 is 1. The van der Waals surface area contributed by atoms with Crippen LogP contribution in [0.3, 0.4) is 0 Å². The van der Waals surface area contributed by atoms with Gasteiger partial charge in [0.15, 0.2) is 0 Å². The highest BCUT2D eigenvalue weighted by atomic mass is 16.5. The molecule has 0 heterocycles. The van der Waals surface area contributed by atoms with Crippen molar-refractivity contribution in [3.63, 3.8) is 0 Å². The van der Waals surface area contributed by atoms with Crippen LogP contribution in [0.4, 0.5) is 0 Å². The minimum absolute atomic E-state index is 0.524. The van der Waals surface area contributed by atoms with Crippen molar-refractivity contribution in [3.8, 4) is 5.75 Å². The molecule has 0 radical (unpaired) electrons. The van der Waals surface area contributed by atoms with E-state index in [0.29, 0.717) is 6.54 Å². The molecular formula is C11H18N2O. The van der Waals surface area contributed by atoms with Gasteiger partial charge in [-0.3, -0.25) is 0 Å². The van der Waals surface area contributed by atoms with Crippen molar-refractivity contribution < 1.29 is 4.74 Å². The van der Waals surface area contributed by atoms with Crippen molar-refractivity contribution in [2.75, 3.05) is 20.7 Å². The number of benzene rings is 1. The topological polar surface area (TPSA) is 47.3 Å². The summed E-state index contributed by atoms with van der Waals surface area (Å²) in [6, 6.07) is 6.17. The van der Waals surface area contributed by atoms with Gasteiger partial charge in [-0.15, -0.1) is 0 Å². The van der Waals surface area contributed by atoms with Crippen LogP contribution in [0.1, 0.15) is 11.1 Å². The molecule has 0 spiro atoms.